The molecule has 0 saturated heterocycles. The van der Waals surface area contributed by atoms with Crippen LogP contribution in [0.25, 0.3) is 5.57 Å². The van der Waals surface area contributed by atoms with Crippen LogP contribution in [0, 0.1) is 11.8 Å². The van der Waals surface area contributed by atoms with Gasteiger partial charge in [-0.05, 0) is 18.4 Å². The molecule has 1 rings (SSSR count). The van der Waals surface area contributed by atoms with Gasteiger partial charge in [-0.25, -0.2) is 0 Å². The number of benzene rings is 1. The van der Waals surface area contributed by atoms with E-state index in [1.54, 1.807) is 0 Å². The summed E-state index contributed by atoms with van der Waals surface area (Å²) >= 11 is 0. The molecule has 0 atom stereocenters. The van der Waals surface area contributed by atoms with E-state index in [0.29, 0.717) is 0 Å². The van der Waals surface area contributed by atoms with E-state index >= 15 is 0 Å². The van der Waals surface area contributed by atoms with E-state index in [0.717, 1.165) is 12.8 Å². The van der Waals surface area contributed by atoms with Crippen LogP contribution in [0.1, 0.15) is 45.1 Å². The van der Waals surface area contributed by atoms with Crippen molar-refractivity contribution in [3.63, 3.8) is 0 Å². The minimum Gasteiger partial charge on any atom is -0.0979 e. The van der Waals surface area contributed by atoms with Gasteiger partial charge < -0.3 is 0 Å². The van der Waals surface area contributed by atoms with Crippen LogP contribution in [0.3, 0.4) is 0 Å². The van der Waals surface area contributed by atoms with E-state index in [4.69, 9.17) is 0 Å². The summed E-state index contributed by atoms with van der Waals surface area (Å²) < 4.78 is 0. The first-order valence-electron chi connectivity index (χ1n) is 6.13. The third kappa shape index (κ3) is 4.36. The molecule has 0 nitrogen and oxygen atoms in total. The van der Waals surface area contributed by atoms with Crippen LogP contribution in [0.5, 0.6) is 0 Å². The molecule has 0 aliphatic rings. The van der Waals surface area contributed by atoms with Gasteiger partial charge in [0.15, 0.2) is 0 Å². The molecule has 1 aromatic rings. The van der Waals surface area contributed by atoms with Gasteiger partial charge in [-0.1, -0.05) is 68.5 Å². The third-order valence-electron chi connectivity index (χ3n) is 2.37. The van der Waals surface area contributed by atoms with Crippen LogP contribution in [-0.2, 0) is 0 Å². The normalized spacial score (nSPS) is 10.8. The number of allylic oxidation sites excluding steroid dienone is 2. The Morgan fingerprint density at radius 3 is 2.56 bits per heavy atom. The molecular weight excluding hydrogens is 192 g/mol. The number of rotatable bonds is 4. The summed E-state index contributed by atoms with van der Waals surface area (Å²) in [7, 11) is 0. The maximum absolute atomic E-state index is 3.28. The Kier molecular flexibility index (Phi) is 6.11. The van der Waals surface area contributed by atoms with Gasteiger partial charge in [-0.15, -0.1) is 0 Å². The minimum atomic E-state index is 1.00. The molecule has 16 heavy (non-hydrogen) atoms. The Morgan fingerprint density at radius 2 is 1.94 bits per heavy atom. The molecular formula is C16H20. The van der Waals surface area contributed by atoms with Crippen molar-refractivity contribution in [2.45, 2.75) is 39.5 Å². The van der Waals surface area contributed by atoms with Gasteiger partial charge in [0.1, 0.15) is 0 Å². The van der Waals surface area contributed by atoms with Crippen molar-refractivity contribution < 1.29 is 0 Å². The number of hydrogen-bond acceptors (Lipinski definition) is 0. The predicted molar refractivity (Wildman–Crippen MR) is 72.0 cm³/mol. The van der Waals surface area contributed by atoms with Gasteiger partial charge in [-0.2, -0.15) is 0 Å². The van der Waals surface area contributed by atoms with Crippen molar-refractivity contribution in [2.75, 3.05) is 0 Å². The zero-order valence-corrected chi connectivity index (χ0v) is 10.3. The second-order valence-corrected chi connectivity index (χ2v) is 3.80. The molecule has 0 bridgehead atoms. The standard InChI is InChI=1S/C16H20/c1-3-5-6-8-12-15(11-4-2)16-13-9-7-10-14-16/h7,9-11,13-14H,3-6H2,1-2H3/b15-11+. The fraction of sp³-hybridized carbons (Fsp3) is 0.375. The van der Waals surface area contributed by atoms with Crippen LogP contribution in [0.4, 0.5) is 0 Å². The van der Waals surface area contributed by atoms with Crippen molar-refractivity contribution in [3.8, 4) is 11.8 Å². The monoisotopic (exact) mass is 212 g/mol. The highest BCUT2D eigenvalue weighted by molar-refractivity contribution is 5.78. The molecule has 1 aromatic carbocycles. The van der Waals surface area contributed by atoms with Crippen LogP contribution in [-0.4, -0.2) is 0 Å². The fourth-order valence-corrected chi connectivity index (χ4v) is 1.49. The lowest BCUT2D eigenvalue weighted by Gasteiger charge is -1.99. The van der Waals surface area contributed by atoms with Gasteiger partial charge in [0.05, 0.1) is 0 Å². The summed E-state index contributed by atoms with van der Waals surface area (Å²) in [6, 6.07) is 10.4. The zero-order valence-electron chi connectivity index (χ0n) is 10.3. The molecule has 0 aliphatic carbocycles. The van der Waals surface area contributed by atoms with Crippen molar-refractivity contribution >= 4 is 5.57 Å². The molecule has 0 aromatic heterocycles. The molecule has 0 heterocycles. The topological polar surface area (TPSA) is 0 Å². The highest BCUT2D eigenvalue weighted by atomic mass is 14.0. The average molecular weight is 212 g/mol. The summed E-state index contributed by atoms with van der Waals surface area (Å²) in [5.74, 6) is 6.53. The van der Waals surface area contributed by atoms with E-state index in [1.807, 2.05) is 6.07 Å². The molecule has 84 valence electrons. The lowest BCUT2D eigenvalue weighted by Crippen LogP contribution is -1.80. The summed E-state index contributed by atoms with van der Waals surface area (Å²) in [5.41, 5.74) is 2.40. The predicted octanol–water partition coefficient (Wildman–Crippen LogP) is 4.67. The Labute approximate surface area is 99.4 Å². The van der Waals surface area contributed by atoms with Gasteiger partial charge in [0, 0.05) is 12.0 Å². The second-order valence-electron chi connectivity index (χ2n) is 3.80. The molecule has 0 N–H and O–H groups in total. The lowest BCUT2D eigenvalue weighted by atomic mass is 10.1. The van der Waals surface area contributed by atoms with Gasteiger partial charge in [0.25, 0.3) is 0 Å². The minimum absolute atomic E-state index is 1.00. The van der Waals surface area contributed by atoms with Crippen LogP contribution >= 0.6 is 0 Å². The number of unbranched alkanes of at least 4 members (excludes halogenated alkanes) is 2. The molecule has 0 spiro atoms. The zero-order chi connectivity index (χ0) is 11.6. The summed E-state index contributed by atoms with van der Waals surface area (Å²) in [6.45, 7) is 4.35. The van der Waals surface area contributed by atoms with E-state index in [9.17, 15) is 0 Å². The third-order valence-corrected chi connectivity index (χ3v) is 2.37. The maximum Gasteiger partial charge on any atom is 0.0277 e. The molecule has 0 unspecified atom stereocenters. The molecule has 0 heteroatoms. The Hall–Kier alpha value is -1.48. The number of hydrogen-bond donors (Lipinski definition) is 0. The van der Waals surface area contributed by atoms with Crippen LogP contribution in [0.15, 0.2) is 36.4 Å². The van der Waals surface area contributed by atoms with Gasteiger partial charge in [0.2, 0.25) is 0 Å². The SMILES string of the molecule is CC/C=C(\C#CCCCC)c1ccccc1. The Morgan fingerprint density at radius 1 is 1.19 bits per heavy atom. The smallest absolute Gasteiger partial charge is 0.0277 e. The maximum atomic E-state index is 3.28. The average Bonchev–Trinajstić information content (AvgIpc) is 2.34. The van der Waals surface area contributed by atoms with E-state index in [1.165, 1.54) is 24.0 Å². The summed E-state index contributed by atoms with van der Waals surface area (Å²) in [4.78, 5) is 0. The first-order valence-corrected chi connectivity index (χ1v) is 6.13. The van der Waals surface area contributed by atoms with Gasteiger partial charge >= 0.3 is 0 Å². The second kappa shape index (κ2) is 7.77. The van der Waals surface area contributed by atoms with E-state index in [2.05, 4.69) is 56.0 Å². The van der Waals surface area contributed by atoms with Crippen molar-refractivity contribution in [3.05, 3.63) is 42.0 Å². The lowest BCUT2D eigenvalue weighted by molar-refractivity contribution is 0.828. The van der Waals surface area contributed by atoms with Crippen molar-refractivity contribution in [1.82, 2.24) is 0 Å². The largest absolute Gasteiger partial charge is 0.0979 e. The van der Waals surface area contributed by atoms with Crippen molar-refractivity contribution in [1.29, 1.82) is 0 Å². The van der Waals surface area contributed by atoms with Gasteiger partial charge in [-0.3, -0.25) is 0 Å². The van der Waals surface area contributed by atoms with Crippen LogP contribution in [0.2, 0.25) is 0 Å². The highest BCUT2D eigenvalue weighted by Crippen LogP contribution is 2.13. The van der Waals surface area contributed by atoms with E-state index < -0.39 is 0 Å². The first-order chi connectivity index (χ1) is 7.88. The van der Waals surface area contributed by atoms with Crippen LogP contribution < -0.4 is 0 Å². The first kappa shape index (κ1) is 12.6. The Bertz CT molecular complexity index is 373. The molecule has 0 aliphatic heterocycles. The fourth-order valence-electron chi connectivity index (χ4n) is 1.49. The summed E-state index contributed by atoms with van der Waals surface area (Å²) in [6.07, 6.45) is 6.65. The van der Waals surface area contributed by atoms with Crippen molar-refractivity contribution in [2.24, 2.45) is 0 Å². The molecule has 0 radical (unpaired) electrons. The summed E-state index contributed by atoms with van der Waals surface area (Å²) in [5, 5.41) is 0. The van der Waals surface area contributed by atoms with E-state index in [-0.39, 0.29) is 0 Å². The molecule has 0 saturated carbocycles. The molecule has 0 amide bonds. The highest BCUT2D eigenvalue weighted by Gasteiger charge is 1.94. The quantitative estimate of drug-likeness (QED) is 0.502. The molecule has 0 fully saturated rings. The Balaban J connectivity index is 2.76.